The van der Waals surface area contributed by atoms with Crippen molar-refractivity contribution in [2.24, 2.45) is 0 Å². The topological polar surface area (TPSA) is 60.9 Å². The molecule has 1 aromatic carbocycles. The molecule has 1 saturated heterocycles. The van der Waals surface area contributed by atoms with Crippen molar-refractivity contribution in [1.82, 2.24) is 9.21 Å². The van der Waals surface area contributed by atoms with Crippen LogP contribution in [-0.2, 0) is 10.0 Å². The first-order valence-corrected chi connectivity index (χ1v) is 8.43. The lowest BCUT2D eigenvalue weighted by Gasteiger charge is -2.37. The minimum Gasteiger partial charge on any atom is -0.395 e. The first kappa shape index (κ1) is 15.4. The molecule has 0 spiro atoms. The molecule has 0 saturated carbocycles. The van der Waals surface area contributed by atoms with Gasteiger partial charge in [0.1, 0.15) is 0 Å². The highest BCUT2D eigenvalue weighted by Crippen LogP contribution is 2.18. The van der Waals surface area contributed by atoms with Crippen molar-refractivity contribution < 1.29 is 13.5 Å². The Balaban J connectivity index is 2.04. The van der Waals surface area contributed by atoms with Crippen LogP contribution >= 0.6 is 0 Å². The lowest BCUT2D eigenvalue weighted by molar-refractivity contribution is 0.0881. The van der Waals surface area contributed by atoms with Crippen molar-refractivity contribution in [2.45, 2.75) is 24.3 Å². The highest BCUT2D eigenvalue weighted by Gasteiger charge is 2.30. The van der Waals surface area contributed by atoms with E-state index in [0.717, 1.165) is 6.42 Å². The van der Waals surface area contributed by atoms with E-state index in [-0.39, 0.29) is 12.6 Å². The molecular weight excluding hydrogens is 276 g/mol. The van der Waals surface area contributed by atoms with Gasteiger partial charge < -0.3 is 5.11 Å². The second-order valence-corrected chi connectivity index (χ2v) is 6.94. The van der Waals surface area contributed by atoms with Crippen LogP contribution in [-0.4, -0.2) is 61.6 Å². The Hall–Kier alpha value is -0.950. The Morgan fingerprint density at radius 1 is 1.15 bits per heavy atom. The van der Waals surface area contributed by atoms with E-state index in [9.17, 15) is 13.5 Å². The summed E-state index contributed by atoms with van der Waals surface area (Å²) in [6.45, 7) is 4.47. The number of benzene rings is 1. The third kappa shape index (κ3) is 3.20. The maximum atomic E-state index is 12.5. The predicted molar refractivity (Wildman–Crippen MR) is 77.9 cm³/mol. The number of piperazine rings is 1. The number of sulfonamides is 1. The smallest absolute Gasteiger partial charge is 0.243 e. The number of nitrogens with zero attached hydrogens (tertiary/aromatic N) is 2. The zero-order valence-corrected chi connectivity index (χ0v) is 12.6. The summed E-state index contributed by atoms with van der Waals surface area (Å²) in [5.74, 6) is 0. The number of hydrogen-bond donors (Lipinski definition) is 1. The first-order chi connectivity index (χ1) is 9.59. The molecule has 1 N–H and O–H groups in total. The van der Waals surface area contributed by atoms with Crippen LogP contribution in [0.4, 0.5) is 0 Å². The molecule has 5 nitrogen and oxygen atoms in total. The van der Waals surface area contributed by atoms with Crippen LogP contribution in [0.25, 0.3) is 0 Å². The maximum Gasteiger partial charge on any atom is 0.243 e. The standard InChI is InChI=1S/C14H22N2O3S/c1-2-13(12-17)15-8-10-16(11-9-15)20(18,19)14-6-4-3-5-7-14/h3-7,13,17H,2,8-12H2,1H3. The highest BCUT2D eigenvalue weighted by atomic mass is 32.2. The molecule has 0 bridgehead atoms. The van der Waals surface area contributed by atoms with E-state index in [4.69, 9.17) is 0 Å². The summed E-state index contributed by atoms with van der Waals surface area (Å²) in [4.78, 5) is 2.51. The normalized spacial score (nSPS) is 19.9. The predicted octanol–water partition coefficient (Wildman–Crippen LogP) is 0.764. The molecule has 1 heterocycles. The van der Waals surface area contributed by atoms with Crippen molar-refractivity contribution in [3.63, 3.8) is 0 Å². The Morgan fingerprint density at radius 2 is 1.75 bits per heavy atom. The van der Waals surface area contributed by atoms with Crippen LogP contribution in [0.5, 0.6) is 0 Å². The number of aliphatic hydroxyl groups is 1. The second-order valence-electron chi connectivity index (χ2n) is 5.00. The molecule has 112 valence electrons. The van der Waals surface area contributed by atoms with Crippen molar-refractivity contribution >= 4 is 10.0 Å². The van der Waals surface area contributed by atoms with Gasteiger partial charge in [0.15, 0.2) is 0 Å². The van der Waals surface area contributed by atoms with Gasteiger partial charge in [0, 0.05) is 32.2 Å². The summed E-state index contributed by atoms with van der Waals surface area (Å²) >= 11 is 0. The summed E-state index contributed by atoms with van der Waals surface area (Å²) in [5, 5.41) is 9.31. The van der Waals surface area contributed by atoms with Gasteiger partial charge in [-0.25, -0.2) is 8.42 Å². The van der Waals surface area contributed by atoms with E-state index in [1.54, 1.807) is 24.3 Å². The maximum absolute atomic E-state index is 12.5. The quantitative estimate of drug-likeness (QED) is 0.872. The fraction of sp³-hybridized carbons (Fsp3) is 0.571. The highest BCUT2D eigenvalue weighted by molar-refractivity contribution is 7.89. The van der Waals surface area contributed by atoms with Gasteiger partial charge in [0.05, 0.1) is 11.5 Å². The minimum absolute atomic E-state index is 0.127. The Labute approximate surface area is 120 Å². The molecule has 1 fully saturated rings. The summed E-state index contributed by atoms with van der Waals surface area (Å²) in [6, 6.07) is 8.68. The summed E-state index contributed by atoms with van der Waals surface area (Å²) in [5.41, 5.74) is 0. The van der Waals surface area contributed by atoms with E-state index in [1.807, 2.05) is 13.0 Å². The molecule has 6 heteroatoms. The fourth-order valence-electron chi connectivity index (χ4n) is 2.55. The third-order valence-corrected chi connectivity index (χ3v) is 5.77. The number of hydrogen-bond acceptors (Lipinski definition) is 4. The molecule has 2 rings (SSSR count). The Kier molecular flexibility index (Phi) is 5.15. The molecule has 20 heavy (non-hydrogen) atoms. The van der Waals surface area contributed by atoms with Crippen molar-refractivity contribution in [2.75, 3.05) is 32.8 Å². The molecule has 0 radical (unpaired) electrons. The molecule has 0 aromatic heterocycles. The number of aliphatic hydroxyl groups excluding tert-OH is 1. The van der Waals surface area contributed by atoms with Crippen molar-refractivity contribution in [3.8, 4) is 0 Å². The molecule has 0 aliphatic carbocycles. The molecular formula is C14H22N2O3S. The second kappa shape index (κ2) is 6.67. The molecule has 1 aliphatic rings. The Bertz CT molecular complexity index is 506. The van der Waals surface area contributed by atoms with E-state index in [2.05, 4.69) is 4.90 Å². The van der Waals surface area contributed by atoms with Gasteiger partial charge in [-0.3, -0.25) is 4.90 Å². The van der Waals surface area contributed by atoms with Gasteiger partial charge in [-0.1, -0.05) is 25.1 Å². The third-order valence-electron chi connectivity index (χ3n) is 3.85. The average molecular weight is 298 g/mol. The van der Waals surface area contributed by atoms with Gasteiger partial charge in [0.25, 0.3) is 0 Å². The molecule has 1 unspecified atom stereocenters. The lowest BCUT2D eigenvalue weighted by atomic mass is 10.2. The van der Waals surface area contributed by atoms with Crippen LogP contribution in [0, 0.1) is 0 Å². The minimum atomic E-state index is -3.38. The van der Waals surface area contributed by atoms with Crippen molar-refractivity contribution in [3.05, 3.63) is 30.3 Å². The van der Waals surface area contributed by atoms with E-state index < -0.39 is 10.0 Å². The molecule has 1 atom stereocenters. The summed E-state index contributed by atoms with van der Waals surface area (Å²) in [7, 11) is -3.38. The average Bonchev–Trinajstić information content (AvgIpc) is 2.50. The zero-order valence-electron chi connectivity index (χ0n) is 11.8. The summed E-state index contributed by atoms with van der Waals surface area (Å²) in [6.07, 6.45) is 0.877. The van der Waals surface area contributed by atoms with Crippen LogP contribution < -0.4 is 0 Å². The van der Waals surface area contributed by atoms with E-state index in [0.29, 0.717) is 31.1 Å². The van der Waals surface area contributed by atoms with Crippen molar-refractivity contribution in [1.29, 1.82) is 0 Å². The fourth-order valence-corrected chi connectivity index (χ4v) is 4.00. The van der Waals surface area contributed by atoms with Crippen LogP contribution in [0.3, 0.4) is 0 Å². The first-order valence-electron chi connectivity index (χ1n) is 6.99. The largest absolute Gasteiger partial charge is 0.395 e. The van der Waals surface area contributed by atoms with Gasteiger partial charge in [0.2, 0.25) is 10.0 Å². The van der Waals surface area contributed by atoms with Gasteiger partial charge in [-0.15, -0.1) is 0 Å². The van der Waals surface area contributed by atoms with Gasteiger partial charge in [-0.05, 0) is 18.6 Å². The monoisotopic (exact) mass is 298 g/mol. The Morgan fingerprint density at radius 3 is 2.25 bits per heavy atom. The van der Waals surface area contributed by atoms with E-state index >= 15 is 0 Å². The van der Waals surface area contributed by atoms with Crippen LogP contribution in [0.1, 0.15) is 13.3 Å². The van der Waals surface area contributed by atoms with Gasteiger partial charge in [-0.2, -0.15) is 4.31 Å². The molecule has 1 aliphatic heterocycles. The van der Waals surface area contributed by atoms with Gasteiger partial charge >= 0.3 is 0 Å². The zero-order chi connectivity index (χ0) is 14.6. The van der Waals surface area contributed by atoms with Crippen LogP contribution in [0.2, 0.25) is 0 Å². The molecule has 1 aromatic rings. The lowest BCUT2D eigenvalue weighted by Crippen LogP contribution is -2.52. The molecule has 0 amide bonds. The van der Waals surface area contributed by atoms with E-state index in [1.165, 1.54) is 4.31 Å². The summed E-state index contributed by atoms with van der Waals surface area (Å²) < 4.78 is 26.5. The van der Waals surface area contributed by atoms with Crippen LogP contribution in [0.15, 0.2) is 35.2 Å². The SMILES string of the molecule is CCC(CO)N1CCN(S(=O)(=O)c2ccccc2)CC1. The number of rotatable bonds is 5.